The van der Waals surface area contributed by atoms with Crippen molar-refractivity contribution in [1.29, 1.82) is 0 Å². The zero-order valence-electron chi connectivity index (χ0n) is 11.0. The molecule has 1 aliphatic rings. The van der Waals surface area contributed by atoms with E-state index in [1.54, 1.807) is 0 Å². The first-order valence-electron chi connectivity index (χ1n) is 6.28. The van der Waals surface area contributed by atoms with E-state index < -0.39 is 24.2 Å². The fraction of sp³-hybridized carbons (Fsp3) is 0.909. The summed E-state index contributed by atoms with van der Waals surface area (Å²) < 4.78 is 75.2. The van der Waals surface area contributed by atoms with Gasteiger partial charge in [-0.05, 0) is 13.0 Å². The van der Waals surface area contributed by atoms with Gasteiger partial charge < -0.3 is 9.80 Å². The van der Waals surface area contributed by atoms with Crippen LogP contribution in [0, 0.1) is 5.92 Å². The van der Waals surface area contributed by atoms with Crippen molar-refractivity contribution in [2.75, 3.05) is 38.1 Å². The Balaban J connectivity index is 2.81. The Morgan fingerprint density at radius 2 is 1.57 bits per heavy atom. The smallest absolute Gasteiger partial charge is 0.341 e. The van der Waals surface area contributed by atoms with Gasteiger partial charge in [-0.3, -0.25) is 4.79 Å². The van der Waals surface area contributed by atoms with Crippen LogP contribution in [-0.4, -0.2) is 66.1 Å². The monoisotopic (exact) mass is 384 g/mol. The molecule has 1 fully saturated rings. The number of alkyl halides is 7. The second-order valence-electron chi connectivity index (χ2n) is 4.73. The largest absolute Gasteiger partial charge is 0.409 e. The van der Waals surface area contributed by atoms with E-state index in [9.17, 15) is 31.1 Å². The molecule has 1 aliphatic heterocycles. The standard InChI is InChI=1S/C11H15BrF6N2O/c12-2-5-19-3-1-4-20(7-6-19)9(21)8(10(13,14)15)11(16,17)18/h8H,1-7H2. The third-order valence-electron chi connectivity index (χ3n) is 3.20. The van der Waals surface area contributed by atoms with E-state index in [4.69, 9.17) is 0 Å². The maximum Gasteiger partial charge on any atom is 0.409 e. The van der Waals surface area contributed by atoms with Crippen molar-refractivity contribution in [3.05, 3.63) is 0 Å². The maximum absolute atomic E-state index is 12.5. The minimum Gasteiger partial charge on any atom is -0.341 e. The second kappa shape index (κ2) is 7.17. The predicted octanol–water partition coefficient (Wildman–Crippen LogP) is 2.66. The number of amides is 1. The quantitative estimate of drug-likeness (QED) is 0.551. The average Bonchev–Trinajstić information content (AvgIpc) is 2.51. The summed E-state index contributed by atoms with van der Waals surface area (Å²) in [7, 11) is 0. The summed E-state index contributed by atoms with van der Waals surface area (Å²) in [5, 5.41) is 0.647. The molecule has 0 saturated carbocycles. The molecule has 0 aromatic heterocycles. The molecule has 1 saturated heterocycles. The van der Waals surface area contributed by atoms with Gasteiger partial charge in [-0.2, -0.15) is 26.3 Å². The normalized spacial score (nSPS) is 19.0. The highest BCUT2D eigenvalue weighted by molar-refractivity contribution is 9.09. The van der Waals surface area contributed by atoms with E-state index in [1.165, 1.54) is 0 Å². The van der Waals surface area contributed by atoms with Gasteiger partial charge in [0.1, 0.15) is 0 Å². The van der Waals surface area contributed by atoms with Gasteiger partial charge >= 0.3 is 12.4 Å². The first-order chi connectivity index (χ1) is 9.57. The summed E-state index contributed by atoms with van der Waals surface area (Å²) in [6.45, 7) is 1.20. The lowest BCUT2D eigenvalue weighted by atomic mass is 10.1. The fourth-order valence-electron chi connectivity index (χ4n) is 2.18. The topological polar surface area (TPSA) is 23.6 Å². The number of rotatable bonds is 3. The first kappa shape index (κ1) is 18.5. The molecular weight excluding hydrogens is 370 g/mol. The van der Waals surface area contributed by atoms with Crippen molar-refractivity contribution in [3.63, 3.8) is 0 Å². The van der Waals surface area contributed by atoms with Crippen LogP contribution in [0.15, 0.2) is 0 Å². The molecule has 0 bridgehead atoms. The number of nitrogens with zero attached hydrogens (tertiary/aromatic N) is 2. The van der Waals surface area contributed by atoms with E-state index >= 15 is 0 Å². The minimum atomic E-state index is -5.63. The van der Waals surface area contributed by atoms with E-state index in [-0.39, 0.29) is 19.6 Å². The van der Waals surface area contributed by atoms with Crippen LogP contribution in [-0.2, 0) is 4.79 Å². The lowest BCUT2D eigenvalue weighted by Crippen LogP contribution is -2.50. The molecule has 0 aromatic rings. The zero-order valence-corrected chi connectivity index (χ0v) is 12.6. The molecule has 1 heterocycles. The Kier molecular flexibility index (Phi) is 6.33. The van der Waals surface area contributed by atoms with Crippen LogP contribution in [0.1, 0.15) is 6.42 Å². The van der Waals surface area contributed by atoms with Crippen molar-refractivity contribution in [2.45, 2.75) is 18.8 Å². The van der Waals surface area contributed by atoms with Crippen LogP contribution in [0.4, 0.5) is 26.3 Å². The molecule has 0 spiro atoms. The molecule has 3 nitrogen and oxygen atoms in total. The van der Waals surface area contributed by atoms with Gasteiger partial charge in [0.2, 0.25) is 11.8 Å². The number of hydrogen-bond donors (Lipinski definition) is 0. The number of carbonyl (C=O) groups excluding carboxylic acids is 1. The van der Waals surface area contributed by atoms with Crippen molar-refractivity contribution >= 4 is 21.8 Å². The Morgan fingerprint density at radius 3 is 2.05 bits per heavy atom. The third kappa shape index (κ3) is 5.32. The molecule has 0 aromatic carbocycles. The predicted molar refractivity (Wildman–Crippen MR) is 67.0 cm³/mol. The number of halogens is 7. The minimum absolute atomic E-state index is 0.0969. The van der Waals surface area contributed by atoms with Crippen LogP contribution in [0.2, 0.25) is 0 Å². The number of carbonyl (C=O) groups is 1. The van der Waals surface area contributed by atoms with Gasteiger partial charge in [-0.1, -0.05) is 15.9 Å². The van der Waals surface area contributed by atoms with Gasteiger partial charge in [0.25, 0.3) is 0 Å². The summed E-state index contributed by atoms with van der Waals surface area (Å²) in [6, 6.07) is 0. The van der Waals surface area contributed by atoms with Crippen LogP contribution < -0.4 is 0 Å². The van der Waals surface area contributed by atoms with Gasteiger partial charge in [0.05, 0.1) is 0 Å². The SMILES string of the molecule is O=C(C(C(F)(F)F)C(F)(F)F)N1CCCN(CCBr)CC1. The summed E-state index contributed by atoms with van der Waals surface area (Å²) in [6.07, 6.45) is -10.9. The molecule has 0 N–H and O–H groups in total. The highest BCUT2D eigenvalue weighted by Gasteiger charge is 2.62. The van der Waals surface area contributed by atoms with E-state index in [2.05, 4.69) is 15.9 Å². The highest BCUT2D eigenvalue weighted by Crippen LogP contribution is 2.40. The second-order valence-corrected chi connectivity index (χ2v) is 5.52. The Bertz CT molecular complexity index is 346. The van der Waals surface area contributed by atoms with Crippen LogP contribution in [0.3, 0.4) is 0 Å². The number of hydrogen-bond acceptors (Lipinski definition) is 2. The molecule has 1 amide bonds. The Labute approximate surface area is 126 Å². The lowest BCUT2D eigenvalue weighted by Gasteiger charge is -2.28. The Morgan fingerprint density at radius 1 is 1.00 bits per heavy atom. The summed E-state index contributed by atoms with van der Waals surface area (Å²) >= 11 is 3.21. The molecular formula is C11H15BrF6N2O. The van der Waals surface area contributed by atoms with Crippen molar-refractivity contribution in [2.24, 2.45) is 5.92 Å². The van der Waals surface area contributed by atoms with Crippen LogP contribution >= 0.6 is 15.9 Å². The molecule has 0 unspecified atom stereocenters. The van der Waals surface area contributed by atoms with Crippen molar-refractivity contribution in [1.82, 2.24) is 9.80 Å². The maximum atomic E-state index is 12.5. The van der Waals surface area contributed by atoms with Crippen LogP contribution in [0.5, 0.6) is 0 Å². The van der Waals surface area contributed by atoms with E-state index in [0.717, 1.165) is 0 Å². The fourth-order valence-corrected chi connectivity index (χ4v) is 2.68. The summed E-state index contributed by atoms with van der Waals surface area (Å²) in [4.78, 5) is 14.2. The molecule has 0 aliphatic carbocycles. The van der Waals surface area contributed by atoms with Gasteiger partial charge in [-0.15, -0.1) is 0 Å². The van der Waals surface area contributed by atoms with Crippen molar-refractivity contribution in [3.8, 4) is 0 Å². The summed E-state index contributed by atoms with van der Waals surface area (Å²) in [5.41, 5.74) is 0. The molecule has 0 radical (unpaired) electrons. The van der Waals surface area contributed by atoms with Gasteiger partial charge in [-0.25, -0.2) is 0 Å². The highest BCUT2D eigenvalue weighted by atomic mass is 79.9. The van der Waals surface area contributed by atoms with Crippen LogP contribution in [0.25, 0.3) is 0 Å². The zero-order chi connectivity index (χ0) is 16.3. The summed E-state index contributed by atoms with van der Waals surface area (Å²) in [5.74, 6) is -5.84. The average molecular weight is 385 g/mol. The third-order valence-corrected chi connectivity index (χ3v) is 3.56. The lowest BCUT2D eigenvalue weighted by molar-refractivity contribution is -0.277. The van der Waals surface area contributed by atoms with Crippen molar-refractivity contribution < 1.29 is 31.1 Å². The first-order valence-corrected chi connectivity index (χ1v) is 7.40. The van der Waals surface area contributed by atoms with Gasteiger partial charge in [0, 0.05) is 31.5 Å². The molecule has 0 atom stereocenters. The molecule has 124 valence electrons. The van der Waals surface area contributed by atoms with E-state index in [1.807, 2.05) is 4.90 Å². The van der Waals surface area contributed by atoms with Gasteiger partial charge in [0.15, 0.2) is 0 Å². The Hall–Kier alpha value is -0.510. The van der Waals surface area contributed by atoms with E-state index in [0.29, 0.717) is 29.7 Å². The molecule has 21 heavy (non-hydrogen) atoms. The molecule has 10 heteroatoms. The molecule has 1 rings (SSSR count).